The fraction of sp³-hybridized carbons (Fsp3) is 0.167. The minimum Gasteiger partial charge on any atom is -0.469 e. The third-order valence-electron chi connectivity index (χ3n) is 2.06. The summed E-state index contributed by atoms with van der Waals surface area (Å²) in [5.74, 6) is 0.358. The second kappa shape index (κ2) is 5.81. The normalized spacial score (nSPS) is 10.1. The molecule has 1 N–H and O–H groups in total. The molecule has 0 atom stereocenters. The van der Waals surface area contributed by atoms with Crippen molar-refractivity contribution in [1.82, 2.24) is 10.5 Å². The van der Waals surface area contributed by atoms with E-state index in [0.29, 0.717) is 5.76 Å². The first-order valence-corrected chi connectivity index (χ1v) is 5.16. The molecular weight excluding hydrogens is 220 g/mol. The Balaban J connectivity index is 1.70. The van der Waals surface area contributed by atoms with Crippen molar-refractivity contribution < 1.29 is 14.0 Å². The van der Waals surface area contributed by atoms with Gasteiger partial charge in [-0.25, -0.2) is 5.48 Å². The predicted octanol–water partition coefficient (Wildman–Crippen LogP) is 1.47. The maximum atomic E-state index is 11.4. The summed E-state index contributed by atoms with van der Waals surface area (Å²) in [6.07, 6.45) is 5.05. The highest BCUT2D eigenvalue weighted by Crippen LogP contribution is 2.01. The molecule has 0 aromatic carbocycles. The van der Waals surface area contributed by atoms with E-state index in [9.17, 15) is 4.79 Å². The van der Waals surface area contributed by atoms with Gasteiger partial charge in [-0.1, -0.05) is 6.07 Å². The van der Waals surface area contributed by atoms with Gasteiger partial charge in [-0.2, -0.15) is 0 Å². The highest BCUT2D eigenvalue weighted by molar-refractivity contribution is 5.76. The SMILES string of the molecule is O=C(Cc1ccco1)NOCc1cccnc1. The molecule has 88 valence electrons. The van der Waals surface area contributed by atoms with E-state index < -0.39 is 0 Å². The van der Waals surface area contributed by atoms with E-state index in [1.807, 2.05) is 12.1 Å². The molecular formula is C12H12N2O3. The summed E-state index contributed by atoms with van der Waals surface area (Å²) in [7, 11) is 0. The Kier molecular flexibility index (Phi) is 3.88. The number of nitrogens with one attached hydrogen (secondary N) is 1. The van der Waals surface area contributed by atoms with Crippen LogP contribution >= 0.6 is 0 Å². The average Bonchev–Trinajstić information content (AvgIpc) is 2.83. The molecule has 0 unspecified atom stereocenters. The van der Waals surface area contributed by atoms with E-state index in [2.05, 4.69) is 10.5 Å². The molecule has 0 saturated carbocycles. The van der Waals surface area contributed by atoms with E-state index >= 15 is 0 Å². The van der Waals surface area contributed by atoms with Gasteiger partial charge < -0.3 is 4.42 Å². The highest BCUT2D eigenvalue weighted by atomic mass is 16.6. The van der Waals surface area contributed by atoms with Crippen molar-refractivity contribution in [3.63, 3.8) is 0 Å². The van der Waals surface area contributed by atoms with Crippen LogP contribution in [0.2, 0.25) is 0 Å². The largest absolute Gasteiger partial charge is 0.469 e. The van der Waals surface area contributed by atoms with Gasteiger partial charge in [0, 0.05) is 12.4 Å². The zero-order valence-corrected chi connectivity index (χ0v) is 9.13. The molecule has 0 fully saturated rings. The van der Waals surface area contributed by atoms with Gasteiger partial charge in [-0.15, -0.1) is 0 Å². The molecule has 2 aromatic rings. The number of pyridine rings is 1. The number of carbonyl (C=O) groups excluding carboxylic acids is 1. The standard InChI is InChI=1S/C12H12N2O3/c15-12(7-11-4-2-6-16-11)14-17-9-10-3-1-5-13-8-10/h1-6,8H,7,9H2,(H,14,15). The van der Waals surface area contributed by atoms with E-state index in [4.69, 9.17) is 9.25 Å². The van der Waals surface area contributed by atoms with Crippen molar-refractivity contribution in [3.8, 4) is 0 Å². The van der Waals surface area contributed by atoms with Crippen LogP contribution in [0.25, 0.3) is 0 Å². The Bertz CT molecular complexity index is 454. The van der Waals surface area contributed by atoms with Crippen molar-refractivity contribution in [2.75, 3.05) is 0 Å². The number of hydroxylamine groups is 1. The Morgan fingerprint density at radius 2 is 2.35 bits per heavy atom. The van der Waals surface area contributed by atoms with Crippen LogP contribution in [-0.4, -0.2) is 10.9 Å². The van der Waals surface area contributed by atoms with Crippen LogP contribution in [0.3, 0.4) is 0 Å². The van der Waals surface area contributed by atoms with Crippen molar-refractivity contribution in [2.45, 2.75) is 13.0 Å². The Morgan fingerprint density at radius 3 is 3.06 bits per heavy atom. The molecule has 2 heterocycles. The number of hydrogen-bond donors (Lipinski definition) is 1. The first kappa shape index (κ1) is 11.3. The van der Waals surface area contributed by atoms with Crippen molar-refractivity contribution in [1.29, 1.82) is 0 Å². The van der Waals surface area contributed by atoms with E-state index in [1.54, 1.807) is 24.5 Å². The van der Waals surface area contributed by atoms with Crippen molar-refractivity contribution >= 4 is 5.91 Å². The lowest BCUT2D eigenvalue weighted by Gasteiger charge is -2.04. The topological polar surface area (TPSA) is 64.4 Å². The molecule has 0 aliphatic carbocycles. The van der Waals surface area contributed by atoms with Crippen LogP contribution < -0.4 is 5.48 Å². The van der Waals surface area contributed by atoms with Crippen LogP contribution in [0.5, 0.6) is 0 Å². The van der Waals surface area contributed by atoms with Crippen LogP contribution in [0, 0.1) is 0 Å². The van der Waals surface area contributed by atoms with Gasteiger partial charge in [0.15, 0.2) is 0 Å². The summed E-state index contributed by atoms with van der Waals surface area (Å²) in [6.45, 7) is 0.289. The minimum atomic E-state index is -0.246. The number of furan rings is 1. The van der Waals surface area contributed by atoms with E-state index in [1.165, 1.54) is 6.26 Å². The Hall–Kier alpha value is -2.14. The summed E-state index contributed by atoms with van der Waals surface area (Å²) in [4.78, 5) is 20.4. The van der Waals surface area contributed by atoms with Gasteiger partial charge in [0.05, 0.1) is 12.7 Å². The van der Waals surface area contributed by atoms with Gasteiger partial charge in [-0.3, -0.25) is 14.6 Å². The van der Waals surface area contributed by atoms with Gasteiger partial charge in [-0.05, 0) is 23.8 Å². The van der Waals surface area contributed by atoms with Crippen LogP contribution in [0.4, 0.5) is 0 Å². The summed E-state index contributed by atoms with van der Waals surface area (Å²) >= 11 is 0. The predicted molar refractivity (Wildman–Crippen MR) is 59.6 cm³/mol. The molecule has 0 aliphatic heterocycles. The lowest BCUT2D eigenvalue weighted by atomic mass is 10.3. The van der Waals surface area contributed by atoms with Crippen LogP contribution in [-0.2, 0) is 22.7 Å². The monoisotopic (exact) mass is 232 g/mol. The van der Waals surface area contributed by atoms with Crippen molar-refractivity contribution in [3.05, 3.63) is 54.2 Å². The quantitative estimate of drug-likeness (QED) is 0.793. The first-order valence-electron chi connectivity index (χ1n) is 5.16. The number of hydrogen-bond acceptors (Lipinski definition) is 4. The molecule has 5 heteroatoms. The molecule has 2 rings (SSSR count). The van der Waals surface area contributed by atoms with Crippen molar-refractivity contribution in [2.24, 2.45) is 0 Å². The molecule has 2 aromatic heterocycles. The minimum absolute atomic E-state index is 0.167. The maximum Gasteiger partial charge on any atom is 0.251 e. The fourth-order valence-corrected chi connectivity index (χ4v) is 1.29. The van der Waals surface area contributed by atoms with E-state index in [0.717, 1.165) is 5.56 Å². The number of carbonyl (C=O) groups is 1. The third kappa shape index (κ3) is 3.73. The molecule has 0 bridgehead atoms. The molecule has 0 radical (unpaired) electrons. The van der Waals surface area contributed by atoms with Gasteiger partial charge in [0.1, 0.15) is 12.4 Å². The maximum absolute atomic E-state index is 11.4. The molecule has 0 aliphatic rings. The first-order chi connectivity index (χ1) is 8.34. The zero-order chi connectivity index (χ0) is 11.9. The third-order valence-corrected chi connectivity index (χ3v) is 2.06. The van der Waals surface area contributed by atoms with Crippen LogP contribution in [0.1, 0.15) is 11.3 Å². The average molecular weight is 232 g/mol. The Labute approximate surface area is 98.4 Å². The molecule has 0 spiro atoms. The second-order valence-electron chi connectivity index (χ2n) is 3.43. The zero-order valence-electron chi connectivity index (χ0n) is 9.13. The fourth-order valence-electron chi connectivity index (χ4n) is 1.29. The van der Waals surface area contributed by atoms with Gasteiger partial charge in [0.2, 0.25) is 0 Å². The number of amides is 1. The molecule has 17 heavy (non-hydrogen) atoms. The highest BCUT2D eigenvalue weighted by Gasteiger charge is 2.05. The summed E-state index contributed by atoms with van der Waals surface area (Å²) in [6, 6.07) is 7.15. The summed E-state index contributed by atoms with van der Waals surface area (Å²) < 4.78 is 5.04. The van der Waals surface area contributed by atoms with Gasteiger partial charge in [0.25, 0.3) is 5.91 Å². The molecule has 1 amide bonds. The lowest BCUT2D eigenvalue weighted by Crippen LogP contribution is -2.25. The van der Waals surface area contributed by atoms with E-state index in [-0.39, 0.29) is 18.9 Å². The number of rotatable bonds is 5. The summed E-state index contributed by atoms with van der Waals surface area (Å²) in [5, 5.41) is 0. The summed E-state index contributed by atoms with van der Waals surface area (Å²) in [5.41, 5.74) is 3.24. The van der Waals surface area contributed by atoms with Crippen LogP contribution in [0.15, 0.2) is 47.3 Å². The lowest BCUT2D eigenvalue weighted by molar-refractivity contribution is -0.134. The Morgan fingerprint density at radius 1 is 1.41 bits per heavy atom. The second-order valence-corrected chi connectivity index (χ2v) is 3.43. The number of nitrogens with zero attached hydrogens (tertiary/aromatic N) is 1. The smallest absolute Gasteiger partial charge is 0.251 e. The van der Waals surface area contributed by atoms with Gasteiger partial charge >= 0.3 is 0 Å². The molecule has 0 saturated heterocycles. The molecule has 5 nitrogen and oxygen atoms in total. The number of aromatic nitrogens is 1.